The van der Waals surface area contributed by atoms with Crippen LogP contribution in [0.4, 0.5) is 4.79 Å². The van der Waals surface area contributed by atoms with Crippen LogP contribution in [-0.4, -0.2) is 42.0 Å². The minimum atomic E-state index is -0.672. The molecule has 4 amide bonds. The van der Waals surface area contributed by atoms with Gasteiger partial charge in [0.2, 0.25) is 11.8 Å². The molecule has 0 radical (unpaired) electrons. The Hall–Kier alpha value is -1.43. The summed E-state index contributed by atoms with van der Waals surface area (Å²) in [5.74, 6) is -1.30. The first kappa shape index (κ1) is 14.5. The fourth-order valence-electron chi connectivity index (χ4n) is 3.69. The number of nitrogens with zero attached hydrogens (tertiary/aromatic N) is 1. The maximum Gasteiger partial charge on any atom is 0.330 e. The number of urea groups is 1. The number of amides is 4. The van der Waals surface area contributed by atoms with Gasteiger partial charge in [-0.15, -0.1) is 0 Å². The summed E-state index contributed by atoms with van der Waals surface area (Å²) in [5, 5.41) is 2.35. The molecule has 3 fully saturated rings. The predicted octanol–water partition coefficient (Wildman–Crippen LogP) is 1.44. The molecule has 1 saturated carbocycles. The van der Waals surface area contributed by atoms with Crippen LogP contribution in [0.5, 0.6) is 0 Å². The van der Waals surface area contributed by atoms with Crippen molar-refractivity contribution >= 4 is 17.8 Å². The zero-order valence-electron chi connectivity index (χ0n) is 12.2. The highest BCUT2D eigenvalue weighted by molar-refractivity contribution is 6.16. The topological polar surface area (TPSA) is 75.7 Å². The number of carbonyl (C=O) groups excluding carboxylic acids is 3. The van der Waals surface area contributed by atoms with Gasteiger partial charge in [0.05, 0.1) is 6.10 Å². The lowest BCUT2D eigenvalue weighted by molar-refractivity contribution is -0.145. The van der Waals surface area contributed by atoms with Crippen molar-refractivity contribution in [3.8, 4) is 0 Å². The van der Waals surface area contributed by atoms with Gasteiger partial charge in [-0.25, -0.2) is 4.79 Å². The molecular formula is C15H22N2O4. The van der Waals surface area contributed by atoms with Gasteiger partial charge in [-0.1, -0.05) is 12.8 Å². The van der Waals surface area contributed by atoms with E-state index in [-0.39, 0.29) is 17.9 Å². The molecule has 0 aromatic heterocycles. The van der Waals surface area contributed by atoms with Gasteiger partial charge in [0, 0.05) is 13.2 Å². The number of carbonyl (C=O) groups is 3. The van der Waals surface area contributed by atoms with Crippen LogP contribution >= 0.6 is 0 Å². The monoisotopic (exact) mass is 294 g/mol. The van der Waals surface area contributed by atoms with E-state index in [2.05, 4.69) is 5.32 Å². The molecule has 116 valence electrons. The fraction of sp³-hybridized carbons (Fsp3) is 0.800. The van der Waals surface area contributed by atoms with E-state index in [1.165, 1.54) is 4.90 Å². The van der Waals surface area contributed by atoms with E-state index >= 15 is 0 Å². The number of hydrogen-bond donors (Lipinski definition) is 1. The van der Waals surface area contributed by atoms with Gasteiger partial charge in [-0.05, 0) is 38.0 Å². The second-order valence-corrected chi connectivity index (χ2v) is 6.23. The third-order valence-electron chi connectivity index (χ3n) is 4.86. The standard InChI is InChI=1S/C15H22N2O4/c18-13-12(10-4-1-2-5-10)14(19)17(15(20)16-13)8-7-11-6-3-9-21-11/h10-12H,1-9H2,(H,16,18,20). The molecule has 2 saturated heterocycles. The summed E-state index contributed by atoms with van der Waals surface area (Å²) >= 11 is 0. The Morgan fingerprint density at radius 1 is 1.10 bits per heavy atom. The van der Waals surface area contributed by atoms with Gasteiger partial charge >= 0.3 is 6.03 Å². The summed E-state index contributed by atoms with van der Waals surface area (Å²) in [4.78, 5) is 37.7. The molecule has 3 aliphatic rings. The lowest BCUT2D eigenvalue weighted by atomic mass is 9.87. The van der Waals surface area contributed by atoms with Crippen molar-refractivity contribution in [1.82, 2.24) is 10.2 Å². The molecule has 1 aliphatic carbocycles. The van der Waals surface area contributed by atoms with Gasteiger partial charge in [-0.3, -0.25) is 19.8 Å². The number of barbiturate groups is 1. The van der Waals surface area contributed by atoms with Gasteiger partial charge in [0.1, 0.15) is 5.92 Å². The summed E-state index contributed by atoms with van der Waals surface area (Å²) in [7, 11) is 0. The lowest BCUT2D eigenvalue weighted by Crippen LogP contribution is -2.59. The van der Waals surface area contributed by atoms with Crippen LogP contribution in [0.2, 0.25) is 0 Å². The Labute approximate surface area is 124 Å². The van der Waals surface area contributed by atoms with Crippen LogP contribution in [0.1, 0.15) is 44.9 Å². The molecule has 0 bridgehead atoms. The van der Waals surface area contributed by atoms with E-state index in [1.54, 1.807) is 0 Å². The van der Waals surface area contributed by atoms with E-state index in [0.717, 1.165) is 45.1 Å². The van der Waals surface area contributed by atoms with E-state index < -0.39 is 17.9 Å². The Balaban J connectivity index is 1.65. The highest BCUT2D eigenvalue weighted by atomic mass is 16.5. The van der Waals surface area contributed by atoms with Gasteiger partial charge < -0.3 is 4.74 Å². The molecular weight excluding hydrogens is 272 g/mol. The number of hydrogen-bond acceptors (Lipinski definition) is 4. The van der Waals surface area contributed by atoms with E-state index in [4.69, 9.17) is 4.74 Å². The zero-order chi connectivity index (χ0) is 14.8. The van der Waals surface area contributed by atoms with Crippen molar-refractivity contribution in [3.63, 3.8) is 0 Å². The summed E-state index contributed by atoms with van der Waals surface area (Å²) in [5.41, 5.74) is 0. The maximum absolute atomic E-state index is 12.5. The van der Waals surface area contributed by atoms with Crippen LogP contribution in [0.15, 0.2) is 0 Å². The molecule has 1 N–H and O–H groups in total. The van der Waals surface area contributed by atoms with Crippen molar-refractivity contribution in [2.45, 2.75) is 51.0 Å². The van der Waals surface area contributed by atoms with Crippen molar-refractivity contribution in [1.29, 1.82) is 0 Å². The highest BCUT2D eigenvalue weighted by Crippen LogP contribution is 2.34. The Bertz CT molecular complexity index is 439. The van der Waals surface area contributed by atoms with Crippen LogP contribution in [0.3, 0.4) is 0 Å². The van der Waals surface area contributed by atoms with E-state index in [1.807, 2.05) is 0 Å². The molecule has 3 rings (SSSR count). The SMILES string of the molecule is O=C1NC(=O)N(CCC2CCCO2)C(=O)C1C1CCCC1. The molecule has 0 aromatic rings. The second kappa shape index (κ2) is 6.13. The maximum atomic E-state index is 12.5. The first-order valence-electron chi connectivity index (χ1n) is 7.94. The van der Waals surface area contributed by atoms with Crippen LogP contribution in [0.25, 0.3) is 0 Å². The van der Waals surface area contributed by atoms with Gasteiger partial charge in [0.15, 0.2) is 0 Å². The molecule has 2 aliphatic heterocycles. The third kappa shape index (κ3) is 2.95. The van der Waals surface area contributed by atoms with E-state index in [9.17, 15) is 14.4 Å². The minimum Gasteiger partial charge on any atom is -0.378 e. The fourth-order valence-corrected chi connectivity index (χ4v) is 3.69. The Kier molecular flexibility index (Phi) is 4.24. The smallest absolute Gasteiger partial charge is 0.330 e. The summed E-state index contributed by atoms with van der Waals surface area (Å²) < 4.78 is 5.53. The number of nitrogens with one attached hydrogen (secondary N) is 1. The molecule has 0 spiro atoms. The van der Waals surface area contributed by atoms with Crippen molar-refractivity contribution < 1.29 is 19.1 Å². The van der Waals surface area contributed by atoms with Crippen molar-refractivity contribution in [2.75, 3.05) is 13.2 Å². The van der Waals surface area contributed by atoms with Crippen LogP contribution in [0, 0.1) is 11.8 Å². The Morgan fingerprint density at radius 3 is 2.52 bits per heavy atom. The summed E-state index contributed by atoms with van der Waals surface area (Å²) in [6, 6.07) is -0.572. The normalized spacial score (nSPS) is 31.0. The average molecular weight is 294 g/mol. The predicted molar refractivity (Wildman–Crippen MR) is 74.3 cm³/mol. The zero-order valence-corrected chi connectivity index (χ0v) is 12.2. The molecule has 0 aromatic carbocycles. The molecule has 2 unspecified atom stereocenters. The van der Waals surface area contributed by atoms with Gasteiger partial charge in [-0.2, -0.15) is 0 Å². The molecule has 21 heavy (non-hydrogen) atoms. The first-order valence-corrected chi connectivity index (χ1v) is 7.94. The molecule has 2 atom stereocenters. The van der Waals surface area contributed by atoms with Crippen LogP contribution in [-0.2, 0) is 14.3 Å². The molecule has 6 heteroatoms. The van der Waals surface area contributed by atoms with Crippen molar-refractivity contribution in [3.05, 3.63) is 0 Å². The summed E-state index contributed by atoms with van der Waals surface area (Å²) in [6.45, 7) is 1.10. The Morgan fingerprint density at radius 2 is 1.86 bits per heavy atom. The number of imide groups is 2. The minimum absolute atomic E-state index is 0.0934. The molecule has 2 heterocycles. The van der Waals surface area contributed by atoms with Crippen LogP contribution < -0.4 is 5.32 Å². The first-order chi connectivity index (χ1) is 10.2. The second-order valence-electron chi connectivity index (χ2n) is 6.23. The van der Waals surface area contributed by atoms with E-state index in [0.29, 0.717) is 13.0 Å². The molecule has 6 nitrogen and oxygen atoms in total. The average Bonchev–Trinajstić information content (AvgIpc) is 3.10. The third-order valence-corrected chi connectivity index (χ3v) is 4.86. The van der Waals surface area contributed by atoms with Crippen molar-refractivity contribution in [2.24, 2.45) is 11.8 Å². The number of rotatable bonds is 4. The quantitative estimate of drug-likeness (QED) is 0.796. The lowest BCUT2D eigenvalue weighted by Gasteiger charge is -2.33. The largest absolute Gasteiger partial charge is 0.378 e. The van der Waals surface area contributed by atoms with Gasteiger partial charge in [0.25, 0.3) is 0 Å². The number of ether oxygens (including phenoxy) is 1. The highest BCUT2D eigenvalue weighted by Gasteiger charge is 2.45. The summed E-state index contributed by atoms with van der Waals surface area (Å²) in [6.07, 6.45) is 6.73.